The zero-order valence-electron chi connectivity index (χ0n) is 9.57. The molecule has 0 radical (unpaired) electrons. The highest BCUT2D eigenvalue weighted by atomic mass is 16.3. The van der Waals surface area contributed by atoms with Gasteiger partial charge in [-0.25, -0.2) is 4.79 Å². The highest BCUT2D eigenvalue weighted by Gasteiger charge is 2.02. The van der Waals surface area contributed by atoms with Crippen LogP contribution < -0.4 is 10.6 Å². The summed E-state index contributed by atoms with van der Waals surface area (Å²) in [5, 5.41) is 5.34. The quantitative estimate of drug-likeness (QED) is 0.851. The molecule has 2 rings (SSSR count). The smallest absolute Gasteiger partial charge is 0.321 e. The second-order valence-electron chi connectivity index (χ2n) is 3.77. The van der Waals surface area contributed by atoms with Crippen molar-refractivity contribution >= 4 is 11.9 Å². The molecule has 17 heavy (non-hydrogen) atoms. The van der Waals surface area contributed by atoms with Crippen molar-refractivity contribution in [1.82, 2.24) is 5.32 Å². The van der Waals surface area contributed by atoms with Gasteiger partial charge in [0.15, 0.2) is 0 Å². The minimum Gasteiger partial charge on any atom is -0.449 e. The summed E-state index contributed by atoms with van der Waals surface area (Å²) in [5.41, 5.74) is 2.25. The lowest BCUT2D eigenvalue weighted by molar-refractivity contribution is 0.251. The molecule has 0 fully saturated rings. The zero-order chi connectivity index (χ0) is 12.1. The molecule has 0 aliphatic carbocycles. The summed E-state index contributed by atoms with van der Waals surface area (Å²) in [5.74, 6) is 0.437. The molecule has 0 bridgehead atoms. The van der Waals surface area contributed by atoms with E-state index in [1.165, 1.54) is 11.8 Å². The molecule has 1 aromatic heterocycles. The topological polar surface area (TPSA) is 54.3 Å². The third-order valence-electron chi connectivity index (χ3n) is 2.29. The number of carbonyl (C=O) groups excluding carboxylic acids is 1. The van der Waals surface area contributed by atoms with Gasteiger partial charge in [0.2, 0.25) is 5.88 Å². The Balaban J connectivity index is 1.84. The van der Waals surface area contributed by atoms with Crippen LogP contribution in [0.2, 0.25) is 0 Å². The minimum absolute atomic E-state index is 0.276. The molecule has 0 saturated heterocycles. The van der Waals surface area contributed by atoms with Crippen molar-refractivity contribution < 1.29 is 9.21 Å². The van der Waals surface area contributed by atoms with E-state index in [1.807, 2.05) is 31.2 Å². The summed E-state index contributed by atoms with van der Waals surface area (Å²) < 4.78 is 5.00. The molecule has 2 N–H and O–H groups in total. The average Bonchev–Trinajstić information content (AvgIpc) is 2.79. The Morgan fingerprint density at radius 1 is 1.29 bits per heavy atom. The van der Waals surface area contributed by atoms with Crippen molar-refractivity contribution in [2.75, 3.05) is 5.32 Å². The molecular formula is C13H14N2O2. The normalized spacial score (nSPS) is 9.94. The average molecular weight is 230 g/mol. The van der Waals surface area contributed by atoms with Crippen LogP contribution in [0.3, 0.4) is 0 Å². The van der Waals surface area contributed by atoms with E-state index in [0.717, 1.165) is 5.56 Å². The van der Waals surface area contributed by atoms with Crippen LogP contribution in [0.4, 0.5) is 10.7 Å². The van der Waals surface area contributed by atoms with E-state index in [4.69, 9.17) is 4.42 Å². The Morgan fingerprint density at radius 3 is 2.88 bits per heavy atom. The van der Waals surface area contributed by atoms with Crippen molar-refractivity contribution in [1.29, 1.82) is 0 Å². The van der Waals surface area contributed by atoms with Gasteiger partial charge in [-0.05, 0) is 18.6 Å². The Labute approximate surface area is 99.6 Å². The van der Waals surface area contributed by atoms with Crippen LogP contribution >= 0.6 is 0 Å². The number of benzene rings is 1. The lowest BCUT2D eigenvalue weighted by Crippen LogP contribution is -2.27. The Morgan fingerprint density at radius 2 is 2.18 bits per heavy atom. The summed E-state index contributed by atoms with van der Waals surface area (Å²) in [6.45, 7) is 2.51. The van der Waals surface area contributed by atoms with Gasteiger partial charge in [-0.1, -0.05) is 29.8 Å². The number of amides is 2. The predicted molar refractivity (Wildman–Crippen MR) is 65.7 cm³/mol. The fourth-order valence-corrected chi connectivity index (χ4v) is 1.51. The summed E-state index contributed by atoms with van der Waals surface area (Å²) in [4.78, 5) is 11.5. The number of hydrogen-bond donors (Lipinski definition) is 2. The number of hydrogen-bond acceptors (Lipinski definition) is 2. The predicted octanol–water partition coefficient (Wildman–Crippen LogP) is 2.91. The summed E-state index contributed by atoms with van der Waals surface area (Å²) in [6, 6.07) is 11.1. The molecule has 1 heterocycles. The van der Waals surface area contributed by atoms with E-state index in [-0.39, 0.29) is 6.03 Å². The molecule has 0 saturated carbocycles. The van der Waals surface area contributed by atoms with E-state index in [2.05, 4.69) is 10.6 Å². The Bertz CT molecular complexity index is 492. The van der Waals surface area contributed by atoms with Gasteiger partial charge >= 0.3 is 6.03 Å². The highest BCUT2D eigenvalue weighted by molar-refractivity contribution is 5.87. The van der Waals surface area contributed by atoms with Gasteiger partial charge in [0.1, 0.15) is 0 Å². The first-order chi connectivity index (χ1) is 8.24. The van der Waals surface area contributed by atoms with E-state index < -0.39 is 0 Å². The molecule has 0 spiro atoms. The number of rotatable bonds is 3. The number of urea groups is 1. The molecule has 0 aliphatic heterocycles. The molecule has 0 aliphatic rings. The first-order valence-corrected chi connectivity index (χ1v) is 5.38. The van der Waals surface area contributed by atoms with E-state index in [0.29, 0.717) is 12.4 Å². The molecule has 2 aromatic rings. The second kappa shape index (κ2) is 5.21. The zero-order valence-corrected chi connectivity index (χ0v) is 9.57. The van der Waals surface area contributed by atoms with Crippen LogP contribution in [0.15, 0.2) is 47.1 Å². The number of carbonyl (C=O) groups is 1. The minimum atomic E-state index is -0.276. The third kappa shape index (κ3) is 3.38. The Kier molecular flexibility index (Phi) is 3.45. The summed E-state index contributed by atoms with van der Waals surface area (Å²) >= 11 is 0. The van der Waals surface area contributed by atoms with Crippen LogP contribution in [0.25, 0.3) is 0 Å². The van der Waals surface area contributed by atoms with Crippen LogP contribution in [0.5, 0.6) is 0 Å². The summed E-state index contributed by atoms with van der Waals surface area (Å²) in [6.07, 6.45) is 1.51. The highest BCUT2D eigenvalue weighted by Crippen LogP contribution is 2.06. The number of furan rings is 1. The standard InChI is InChI=1S/C13H14N2O2/c1-10-4-2-5-11(8-10)9-14-13(16)15-12-6-3-7-17-12/h2-8H,9H2,1H3,(H2,14,15,16). The fourth-order valence-electron chi connectivity index (χ4n) is 1.51. The van der Waals surface area contributed by atoms with Crippen molar-refractivity contribution in [3.63, 3.8) is 0 Å². The number of nitrogens with one attached hydrogen (secondary N) is 2. The molecule has 0 unspecified atom stereocenters. The van der Waals surface area contributed by atoms with Gasteiger partial charge in [-0.2, -0.15) is 0 Å². The lowest BCUT2D eigenvalue weighted by atomic mass is 10.1. The molecule has 1 aromatic carbocycles. The van der Waals surface area contributed by atoms with Gasteiger partial charge in [-0.15, -0.1) is 0 Å². The van der Waals surface area contributed by atoms with Crippen molar-refractivity contribution in [3.05, 3.63) is 53.8 Å². The molecule has 4 nitrogen and oxygen atoms in total. The molecule has 2 amide bonds. The van der Waals surface area contributed by atoms with Crippen LogP contribution in [-0.2, 0) is 6.54 Å². The second-order valence-corrected chi connectivity index (χ2v) is 3.77. The SMILES string of the molecule is Cc1cccc(CNC(=O)Nc2ccco2)c1. The van der Waals surface area contributed by atoms with Gasteiger partial charge < -0.3 is 9.73 Å². The molecular weight excluding hydrogens is 216 g/mol. The van der Waals surface area contributed by atoms with Crippen LogP contribution in [0, 0.1) is 6.92 Å². The lowest BCUT2D eigenvalue weighted by Gasteiger charge is -2.06. The molecule has 4 heteroatoms. The maximum atomic E-state index is 11.5. The fraction of sp³-hybridized carbons (Fsp3) is 0.154. The van der Waals surface area contributed by atoms with Crippen LogP contribution in [0.1, 0.15) is 11.1 Å². The molecule has 0 atom stereocenters. The van der Waals surface area contributed by atoms with E-state index in [1.54, 1.807) is 12.1 Å². The maximum absolute atomic E-state index is 11.5. The first kappa shape index (κ1) is 11.3. The van der Waals surface area contributed by atoms with Gasteiger partial charge in [-0.3, -0.25) is 5.32 Å². The van der Waals surface area contributed by atoms with Crippen molar-refractivity contribution in [2.45, 2.75) is 13.5 Å². The van der Waals surface area contributed by atoms with Gasteiger partial charge in [0.05, 0.1) is 6.26 Å². The van der Waals surface area contributed by atoms with E-state index in [9.17, 15) is 4.79 Å². The number of aryl methyl sites for hydroxylation is 1. The Hall–Kier alpha value is -2.23. The van der Waals surface area contributed by atoms with Gasteiger partial charge in [0, 0.05) is 12.6 Å². The largest absolute Gasteiger partial charge is 0.449 e. The number of anilines is 1. The monoisotopic (exact) mass is 230 g/mol. The maximum Gasteiger partial charge on any atom is 0.321 e. The van der Waals surface area contributed by atoms with Crippen molar-refractivity contribution in [2.24, 2.45) is 0 Å². The summed E-state index contributed by atoms with van der Waals surface area (Å²) in [7, 11) is 0. The van der Waals surface area contributed by atoms with Gasteiger partial charge in [0.25, 0.3) is 0 Å². The van der Waals surface area contributed by atoms with Crippen molar-refractivity contribution in [3.8, 4) is 0 Å². The first-order valence-electron chi connectivity index (χ1n) is 5.38. The molecule has 88 valence electrons. The van der Waals surface area contributed by atoms with Crippen LogP contribution in [-0.4, -0.2) is 6.03 Å². The van der Waals surface area contributed by atoms with E-state index >= 15 is 0 Å². The third-order valence-corrected chi connectivity index (χ3v) is 2.29.